The molecule has 1 aromatic rings. The van der Waals surface area contributed by atoms with Gasteiger partial charge in [-0.1, -0.05) is 88.9 Å². The summed E-state index contributed by atoms with van der Waals surface area (Å²) >= 11 is 3.93. The summed E-state index contributed by atoms with van der Waals surface area (Å²) in [6.07, 6.45) is 1.56. The maximum absolute atomic E-state index is 12.2. The fourth-order valence-corrected chi connectivity index (χ4v) is 5.05. The van der Waals surface area contributed by atoms with E-state index in [9.17, 15) is 8.42 Å². The first kappa shape index (κ1) is 14.7. The van der Waals surface area contributed by atoms with Crippen LogP contribution in [0, 0.1) is 0 Å². The topological polar surface area (TPSA) is 34.1 Å². The lowest BCUT2D eigenvalue weighted by molar-refractivity contribution is 0.578. The van der Waals surface area contributed by atoms with Crippen LogP contribution in [-0.2, 0) is 9.84 Å². The first-order valence-corrected chi connectivity index (χ1v) is 9.16. The van der Waals surface area contributed by atoms with Crippen molar-refractivity contribution in [2.45, 2.75) is 26.3 Å². The summed E-state index contributed by atoms with van der Waals surface area (Å²) in [6, 6.07) is 9.48. The summed E-state index contributed by atoms with van der Waals surface area (Å²) in [5.74, 6) is 0. The lowest BCUT2D eigenvalue weighted by Crippen LogP contribution is -2.18. The summed E-state index contributed by atoms with van der Waals surface area (Å²) in [4.78, 5) is 0. The molecular formula is C11H14I2O2S. The lowest BCUT2D eigenvalue weighted by atomic mass is 10.1. The maximum Gasteiger partial charge on any atom is 0.178 e. The standard InChI is InChI=1S/C11H14I2O2S/c1-2-6-10(16(14,15)11(12)13)9-7-4-3-5-8-9/h3-5,7-8,10-11H,2,6H2,1H3. The summed E-state index contributed by atoms with van der Waals surface area (Å²) in [5.41, 5.74) is 0.905. The average Bonchev–Trinajstić information content (AvgIpc) is 2.26. The van der Waals surface area contributed by atoms with Crippen LogP contribution in [0.3, 0.4) is 0 Å². The Balaban J connectivity index is 3.11. The minimum absolute atomic E-state index is 0.363. The molecule has 16 heavy (non-hydrogen) atoms. The van der Waals surface area contributed by atoms with Crippen LogP contribution in [0.15, 0.2) is 30.3 Å². The van der Waals surface area contributed by atoms with Crippen LogP contribution < -0.4 is 0 Å². The van der Waals surface area contributed by atoms with Gasteiger partial charge >= 0.3 is 0 Å². The molecule has 0 heterocycles. The number of alkyl halides is 2. The smallest absolute Gasteiger partial charge is 0.178 e. The van der Waals surface area contributed by atoms with E-state index in [-0.39, 0.29) is 6.51 Å². The zero-order chi connectivity index (χ0) is 12.2. The van der Waals surface area contributed by atoms with Crippen LogP contribution in [0.5, 0.6) is 0 Å². The number of hydrogen-bond acceptors (Lipinski definition) is 2. The number of benzene rings is 1. The Bertz CT molecular complexity index is 415. The van der Waals surface area contributed by atoms with E-state index < -0.39 is 9.84 Å². The van der Waals surface area contributed by atoms with Crippen molar-refractivity contribution in [2.24, 2.45) is 0 Å². The van der Waals surface area contributed by atoms with Gasteiger partial charge in [0.1, 0.15) is 0 Å². The normalized spacial score (nSPS) is 14.0. The molecule has 1 rings (SSSR count). The molecular weight excluding hydrogens is 450 g/mol. The molecule has 1 unspecified atom stereocenters. The van der Waals surface area contributed by atoms with Crippen molar-refractivity contribution in [2.75, 3.05) is 0 Å². The maximum atomic E-state index is 12.2. The van der Waals surface area contributed by atoms with Gasteiger partial charge < -0.3 is 0 Å². The van der Waals surface area contributed by atoms with Crippen LogP contribution in [0.4, 0.5) is 0 Å². The molecule has 0 aliphatic heterocycles. The molecule has 90 valence electrons. The molecule has 0 N–H and O–H groups in total. The van der Waals surface area contributed by atoms with Gasteiger partial charge in [-0.15, -0.1) is 0 Å². The Morgan fingerprint density at radius 1 is 1.19 bits per heavy atom. The number of halogens is 2. The van der Waals surface area contributed by atoms with Crippen molar-refractivity contribution < 1.29 is 8.42 Å². The second kappa shape index (κ2) is 6.53. The summed E-state index contributed by atoms with van der Waals surface area (Å²) in [7, 11) is -3.08. The van der Waals surface area contributed by atoms with Crippen LogP contribution in [0.2, 0.25) is 0 Å². The molecule has 2 nitrogen and oxygen atoms in total. The zero-order valence-electron chi connectivity index (χ0n) is 8.94. The molecule has 0 amide bonds. The van der Waals surface area contributed by atoms with Gasteiger partial charge in [0.2, 0.25) is 0 Å². The van der Waals surface area contributed by atoms with Crippen LogP contribution in [0.1, 0.15) is 30.6 Å². The predicted molar refractivity (Wildman–Crippen MR) is 84.8 cm³/mol. The number of sulfone groups is 1. The van der Waals surface area contributed by atoms with Crippen molar-refractivity contribution >= 4 is 55.0 Å². The van der Waals surface area contributed by atoms with Gasteiger partial charge in [0.05, 0.1) is 5.25 Å². The van der Waals surface area contributed by atoms with Crippen molar-refractivity contribution in [3.8, 4) is 0 Å². The molecule has 0 aliphatic rings. The van der Waals surface area contributed by atoms with Crippen LogP contribution in [0.25, 0.3) is 0 Å². The van der Waals surface area contributed by atoms with Crippen molar-refractivity contribution in [3.63, 3.8) is 0 Å². The third kappa shape index (κ3) is 3.56. The highest BCUT2D eigenvalue weighted by molar-refractivity contribution is 14.2. The molecule has 0 bridgehead atoms. The van der Waals surface area contributed by atoms with Crippen molar-refractivity contribution in [1.82, 2.24) is 0 Å². The van der Waals surface area contributed by atoms with E-state index in [0.717, 1.165) is 12.0 Å². The molecule has 0 spiro atoms. The summed E-state index contributed by atoms with van der Waals surface area (Å²) < 4.78 is 24.0. The predicted octanol–water partition coefficient (Wildman–Crippen LogP) is 4.10. The zero-order valence-corrected chi connectivity index (χ0v) is 14.1. The summed E-state index contributed by atoms with van der Waals surface area (Å²) in [6.45, 7) is 2.01. The first-order chi connectivity index (χ1) is 7.50. The van der Waals surface area contributed by atoms with Crippen molar-refractivity contribution in [1.29, 1.82) is 0 Å². The first-order valence-electron chi connectivity index (χ1n) is 5.06. The van der Waals surface area contributed by atoms with E-state index in [2.05, 4.69) is 0 Å². The van der Waals surface area contributed by atoms with Crippen LogP contribution >= 0.6 is 45.2 Å². The molecule has 0 saturated carbocycles. The van der Waals surface area contributed by atoms with E-state index in [4.69, 9.17) is 0 Å². The number of hydrogen-bond donors (Lipinski definition) is 0. The summed E-state index contributed by atoms with van der Waals surface area (Å²) in [5, 5.41) is -0.363. The van der Waals surface area contributed by atoms with Gasteiger partial charge in [0.25, 0.3) is 0 Å². The minimum Gasteiger partial charge on any atom is -0.226 e. The van der Waals surface area contributed by atoms with E-state index in [1.807, 2.05) is 82.4 Å². The largest absolute Gasteiger partial charge is 0.226 e. The molecule has 0 aliphatic carbocycles. The second-order valence-electron chi connectivity index (χ2n) is 3.54. The minimum atomic E-state index is -3.08. The van der Waals surface area contributed by atoms with Gasteiger partial charge in [-0.2, -0.15) is 0 Å². The third-order valence-electron chi connectivity index (χ3n) is 2.37. The average molecular weight is 464 g/mol. The molecule has 1 atom stereocenters. The van der Waals surface area contributed by atoms with Gasteiger partial charge in [0, 0.05) is 0 Å². The fourth-order valence-electron chi connectivity index (χ4n) is 1.57. The van der Waals surface area contributed by atoms with Gasteiger partial charge in [-0.25, -0.2) is 8.42 Å². The van der Waals surface area contributed by atoms with Gasteiger partial charge in [0.15, 0.2) is 11.1 Å². The Kier molecular flexibility index (Phi) is 6.00. The molecule has 0 radical (unpaired) electrons. The molecule has 0 aromatic heterocycles. The third-order valence-corrected chi connectivity index (χ3v) is 8.42. The Labute approximate surface area is 124 Å². The molecule has 0 saturated heterocycles. The quantitative estimate of drug-likeness (QED) is 0.486. The Morgan fingerprint density at radius 3 is 2.19 bits per heavy atom. The Morgan fingerprint density at radius 2 is 1.75 bits per heavy atom. The van der Waals surface area contributed by atoms with E-state index in [0.29, 0.717) is 6.42 Å². The number of rotatable bonds is 5. The van der Waals surface area contributed by atoms with E-state index in [1.165, 1.54) is 0 Å². The van der Waals surface area contributed by atoms with E-state index in [1.54, 1.807) is 0 Å². The second-order valence-corrected chi connectivity index (χ2v) is 12.3. The van der Waals surface area contributed by atoms with E-state index >= 15 is 0 Å². The molecule has 1 aromatic carbocycles. The Hall–Kier alpha value is 0.630. The monoisotopic (exact) mass is 464 g/mol. The van der Waals surface area contributed by atoms with Crippen molar-refractivity contribution in [3.05, 3.63) is 35.9 Å². The highest BCUT2D eigenvalue weighted by atomic mass is 127. The van der Waals surface area contributed by atoms with Gasteiger partial charge in [-0.05, 0) is 12.0 Å². The van der Waals surface area contributed by atoms with Crippen LogP contribution in [-0.4, -0.2) is 9.68 Å². The SMILES string of the molecule is CCCC(c1ccccc1)S(=O)(=O)C(I)I. The lowest BCUT2D eigenvalue weighted by Gasteiger charge is -2.18. The highest BCUT2D eigenvalue weighted by Crippen LogP contribution is 2.35. The molecule has 5 heteroatoms. The van der Waals surface area contributed by atoms with Gasteiger partial charge in [-0.3, -0.25) is 0 Å². The highest BCUT2D eigenvalue weighted by Gasteiger charge is 2.31. The molecule has 0 fully saturated rings. The fraction of sp³-hybridized carbons (Fsp3) is 0.455.